The summed E-state index contributed by atoms with van der Waals surface area (Å²) < 4.78 is 48.7. The van der Waals surface area contributed by atoms with Crippen molar-refractivity contribution in [2.75, 3.05) is 0 Å². The Bertz CT molecular complexity index is 3760. The maximum Gasteiger partial charge on any atom is 1.00 e. The van der Waals surface area contributed by atoms with Gasteiger partial charge in [0.1, 0.15) is 22.3 Å². The van der Waals surface area contributed by atoms with Gasteiger partial charge < -0.3 is 38.2 Å². The van der Waals surface area contributed by atoms with Crippen molar-refractivity contribution < 1.29 is 89.6 Å². The number of hydrogen-bond donors (Lipinski definition) is 0. The zero-order valence-corrected chi connectivity index (χ0v) is 51.6. The molecule has 0 bridgehead atoms. The standard InChI is InChI=1S/C30H27BO3.C24H15ClO.C12H24B2O4.K.H/c1-29(2)30(3,4)34-31(33-29)23-16-17-25-27(19-23)32-26-15-9-14-24(28(25)26)22-13-8-12-21(18-22)20-10-6-5-7-11-20;25-19-12-13-21-23(15-19)26-22-11-5-10-20(24(21)22)18-9-4-8-17(14-18)16-6-2-1-3-7-16;1-9(2)10(3,4)16-13(15-9)14-17-11(5,6)12(7,8)18-14;;/h5-19H,1-4H3;1-15H;1-8H3;;/q;;;+1;-1. The second-order valence-electron chi connectivity index (χ2n) is 23.7. The Morgan fingerprint density at radius 1 is 0.329 bits per heavy atom. The Labute approximate surface area is 515 Å². The number of fused-ring (bicyclic) bond motifs is 6. The van der Waals surface area contributed by atoms with Gasteiger partial charge in [-0.3, -0.25) is 0 Å². The van der Waals surface area contributed by atoms with Crippen molar-refractivity contribution in [2.45, 2.75) is 117 Å². The second-order valence-corrected chi connectivity index (χ2v) is 24.1. The maximum absolute atomic E-state index is 6.32. The zero-order valence-electron chi connectivity index (χ0n) is 48.7. The van der Waals surface area contributed by atoms with Crippen LogP contribution in [-0.4, -0.2) is 54.7 Å². The monoisotopic (exact) mass is 1090 g/mol. The average Bonchev–Trinajstić information content (AvgIpc) is 4.25. The molecule has 3 aliphatic rings. The minimum Gasteiger partial charge on any atom is -1.00 e. The number of furan rings is 2. The maximum atomic E-state index is 6.32. The van der Waals surface area contributed by atoms with E-state index in [4.69, 9.17) is 48.4 Å². The van der Waals surface area contributed by atoms with Crippen molar-refractivity contribution in [3.63, 3.8) is 0 Å². The van der Waals surface area contributed by atoms with Crippen LogP contribution in [0.25, 0.3) is 88.4 Å². The van der Waals surface area contributed by atoms with Gasteiger partial charge in [-0.05, 0) is 176 Å². The molecule has 5 heterocycles. The van der Waals surface area contributed by atoms with E-state index in [-0.39, 0.29) is 86.4 Å². The van der Waals surface area contributed by atoms with Gasteiger partial charge in [-0.25, -0.2) is 0 Å². The van der Waals surface area contributed by atoms with Gasteiger partial charge in [-0.15, -0.1) is 0 Å². The largest absolute Gasteiger partial charge is 1.00 e. The van der Waals surface area contributed by atoms with Crippen LogP contribution < -0.4 is 56.8 Å². The summed E-state index contributed by atoms with van der Waals surface area (Å²) in [7, 11) is -1.36. The molecule has 0 saturated carbocycles. The summed E-state index contributed by atoms with van der Waals surface area (Å²) >= 11 is 6.13. The van der Waals surface area contributed by atoms with E-state index in [1.165, 1.54) is 38.9 Å². The average molecular weight is 1100 g/mol. The summed E-state index contributed by atoms with van der Waals surface area (Å²) in [5.41, 5.74) is 11.7. The molecule has 13 heteroatoms. The molecule has 3 aliphatic heterocycles. The Morgan fingerprint density at radius 3 is 1.11 bits per heavy atom. The molecule has 0 unspecified atom stereocenters. The molecule has 396 valence electrons. The van der Waals surface area contributed by atoms with Crippen molar-refractivity contribution in [3.05, 3.63) is 187 Å². The molecule has 0 N–H and O–H groups in total. The van der Waals surface area contributed by atoms with Gasteiger partial charge in [-0.1, -0.05) is 145 Å². The number of hydrogen-bond acceptors (Lipinski definition) is 8. The molecule has 0 radical (unpaired) electrons. The molecule has 0 spiro atoms. The first-order valence-corrected chi connectivity index (χ1v) is 27.3. The first kappa shape index (κ1) is 57.5. The fraction of sp³-hybridized carbons (Fsp3) is 0.273. The summed E-state index contributed by atoms with van der Waals surface area (Å²) in [6.45, 7) is 24.5. The van der Waals surface area contributed by atoms with Crippen molar-refractivity contribution in [1.29, 1.82) is 0 Å². The van der Waals surface area contributed by atoms with Gasteiger partial charge in [-0.2, -0.15) is 0 Å². The van der Waals surface area contributed by atoms with Crippen LogP contribution in [0.2, 0.25) is 5.02 Å². The molecule has 0 amide bonds. The van der Waals surface area contributed by atoms with E-state index in [0.717, 1.165) is 54.9 Å². The zero-order chi connectivity index (χ0) is 55.0. The van der Waals surface area contributed by atoms with E-state index < -0.39 is 21.1 Å². The first-order chi connectivity index (χ1) is 37.0. The molecule has 10 aromatic rings. The summed E-state index contributed by atoms with van der Waals surface area (Å²) in [6.07, 6.45) is 0. The van der Waals surface area contributed by atoms with Crippen LogP contribution in [0.3, 0.4) is 0 Å². The summed E-state index contributed by atoms with van der Waals surface area (Å²) in [4.78, 5) is 0. The molecule has 79 heavy (non-hydrogen) atoms. The predicted octanol–water partition coefficient (Wildman–Crippen LogP) is 14.2. The van der Waals surface area contributed by atoms with Crippen LogP contribution in [0, 0.1) is 0 Å². The van der Waals surface area contributed by atoms with E-state index in [9.17, 15) is 0 Å². The molecule has 0 atom stereocenters. The van der Waals surface area contributed by atoms with Crippen molar-refractivity contribution in [3.8, 4) is 44.5 Å². The molecule has 3 saturated heterocycles. The molecule has 3 fully saturated rings. The van der Waals surface area contributed by atoms with Crippen LogP contribution in [-0.2, 0) is 27.9 Å². The topological polar surface area (TPSA) is 81.7 Å². The van der Waals surface area contributed by atoms with E-state index in [0.29, 0.717) is 5.02 Å². The van der Waals surface area contributed by atoms with Gasteiger partial charge >= 0.3 is 72.5 Å². The van der Waals surface area contributed by atoms with Crippen LogP contribution in [0.15, 0.2) is 191 Å². The van der Waals surface area contributed by atoms with E-state index in [1.807, 2.05) is 104 Å². The Hall–Kier alpha value is -4.76. The normalized spacial score (nSPS) is 18.3. The van der Waals surface area contributed by atoms with Crippen LogP contribution >= 0.6 is 11.6 Å². The quantitative estimate of drug-likeness (QED) is 0.152. The third-order valence-corrected chi connectivity index (χ3v) is 17.1. The molecule has 2 aromatic heterocycles. The van der Waals surface area contributed by atoms with Gasteiger partial charge in [0.25, 0.3) is 0 Å². The minimum atomic E-state index is -0.476. The van der Waals surface area contributed by atoms with Crippen molar-refractivity contribution in [1.82, 2.24) is 0 Å². The van der Waals surface area contributed by atoms with Gasteiger partial charge in [0.15, 0.2) is 0 Å². The summed E-state index contributed by atoms with van der Waals surface area (Å²) in [5.74, 6) is 0. The predicted molar refractivity (Wildman–Crippen MR) is 323 cm³/mol. The van der Waals surface area contributed by atoms with E-state index in [1.54, 1.807) is 0 Å². The SMILES string of the molecule is CC1(C)OB(B2OC(C)(C)C(C)(C)O2)OC1(C)C.CC1(C)OB(c2ccc3c(c2)oc2cccc(-c4cccc(-c5ccccc5)c4)c23)OC1(C)C.Clc1ccc2c(c1)oc1cccc(-c3cccc(-c4ccccc4)c3)c12.[H-].[K+]. The third kappa shape index (κ3) is 11.2. The molecule has 8 nitrogen and oxygen atoms in total. The summed E-state index contributed by atoms with van der Waals surface area (Å²) in [5, 5.41) is 5.12. The molecule has 8 aromatic carbocycles. The Morgan fingerprint density at radius 2 is 0.684 bits per heavy atom. The van der Waals surface area contributed by atoms with Crippen LogP contribution in [0.1, 0.15) is 84.5 Å². The van der Waals surface area contributed by atoms with Crippen molar-refractivity contribution in [2.24, 2.45) is 0 Å². The molecule has 13 rings (SSSR count). The number of benzene rings is 8. The van der Waals surface area contributed by atoms with E-state index in [2.05, 4.69) is 161 Å². The third-order valence-electron chi connectivity index (χ3n) is 16.8. The minimum absolute atomic E-state index is 0. The van der Waals surface area contributed by atoms with Gasteiger partial charge in [0, 0.05) is 32.6 Å². The molecule has 0 aliphatic carbocycles. The fourth-order valence-corrected chi connectivity index (χ4v) is 10.4. The van der Waals surface area contributed by atoms with Gasteiger partial charge in [0.05, 0.1) is 33.6 Å². The fourth-order valence-electron chi connectivity index (χ4n) is 10.2. The number of halogens is 1. The van der Waals surface area contributed by atoms with Gasteiger partial charge in [0.2, 0.25) is 0 Å². The second kappa shape index (κ2) is 21.9. The Balaban J connectivity index is 0.000000150. The van der Waals surface area contributed by atoms with Crippen LogP contribution in [0.5, 0.6) is 0 Å². The molecular weight excluding hydrogens is 1030 g/mol. The van der Waals surface area contributed by atoms with Crippen LogP contribution in [0.4, 0.5) is 0 Å². The Kier molecular flexibility index (Phi) is 15.9. The first-order valence-electron chi connectivity index (χ1n) is 26.9. The van der Waals surface area contributed by atoms with Crippen molar-refractivity contribution >= 4 is 82.1 Å². The smallest absolute Gasteiger partial charge is 1.00 e. The number of rotatable bonds is 6. The summed E-state index contributed by atoms with van der Waals surface area (Å²) in [6, 6.07) is 62.8. The van der Waals surface area contributed by atoms with E-state index >= 15 is 0 Å². The molecular formula is C66H67B3ClKO8.